The van der Waals surface area contributed by atoms with Crippen molar-refractivity contribution in [1.29, 1.82) is 0 Å². The van der Waals surface area contributed by atoms with Gasteiger partial charge in [0.25, 0.3) is 0 Å². The summed E-state index contributed by atoms with van der Waals surface area (Å²) in [6.45, 7) is 4.31. The van der Waals surface area contributed by atoms with Crippen LogP contribution in [0.2, 0.25) is 0 Å². The number of hydrogen-bond acceptors (Lipinski definition) is 1. The summed E-state index contributed by atoms with van der Waals surface area (Å²) in [4.78, 5) is 0. The van der Waals surface area contributed by atoms with Gasteiger partial charge < -0.3 is 4.74 Å². The van der Waals surface area contributed by atoms with E-state index in [0.29, 0.717) is 18.1 Å². The predicted molar refractivity (Wildman–Crippen MR) is 86.9 cm³/mol. The zero-order valence-corrected chi connectivity index (χ0v) is 13.6. The van der Waals surface area contributed by atoms with E-state index in [1.54, 1.807) is 19.1 Å². The van der Waals surface area contributed by atoms with Gasteiger partial charge in [0.15, 0.2) is 11.6 Å². The molecule has 1 aromatic carbocycles. The predicted octanol–water partition coefficient (Wildman–Crippen LogP) is 5.98. The molecule has 0 aromatic heterocycles. The summed E-state index contributed by atoms with van der Waals surface area (Å²) in [6, 6.07) is 3.09. The van der Waals surface area contributed by atoms with Crippen LogP contribution < -0.4 is 4.74 Å². The Hall–Kier alpha value is -1.38. The molecule has 1 nitrogen and oxygen atoms in total. The summed E-state index contributed by atoms with van der Waals surface area (Å²) in [5, 5.41) is 0. The summed E-state index contributed by atoms with van der Waals surface area (Å²) in [5.41, 5.74) is 0.302. The van der Waals surface area contributed by atoms with Crippen molar-refractivity contribution >= 4 is 6.08 Å². The quantitative estimate of drug-likeness (QED) is 0.628. The highest BCUT2D eigenvalue weighted by atomic mass is 19.2. The van der Waals surface area contributed by atoms with Crippen LogP contribution in [0.3, 0.4) is 0 Å². The maximum Gasteiger partial charge on any atom is 0.201 e. The lowest BCUT2D eigenvalue weighted by Gasteiger charge is -2.26. The standard InChI is InChI=1S/C19H26F2O/c1-3-5-14-6-8-15(9-7-14)10-11-16-12-13-17(22-4-2)19(21)18(16)20/h10-15H,3-9H2,1-2H3/t14-,15-. The molecule has 1 aromatic rings. The Labute approximate surface area is 132 Å². The zero-order chi connectivity index (χ0) is 15.9. The first-order valence-corrected chi connectivity index (χ1v) is 8.44. The molecule has 0 amide bonds. The summed E-state index contributed by atoms with van der Waals surface area (Å²) < 4.78 is 32.9. The summed E-state index contributed by atoms with van der Waals surface area (Å²) >= 11 is 0. The molecule has 0 N–H and O–H groups in total. The Morgan fingerprint density at radius 1 is 1.09 bits per heavy atom. The topological polar surface area (TPSA) is 9.23 Å². The van der Waals surface area contributed by atoms with E-state index in [1.165, 1.54) is 31.7 Å². The van der Waals surface area contributed by atoms with E-state index in [2.05, 4.69) is 6.92 Å². The van der Waals surface area contributed by atoms with E-state index in [-0.39, 0.29) is 5.75 Å². The van der Waals surface area contributed by atoms with Crippen molar-refractivity contribution < 1.29 is 13.5 Å². The molecule has 1 aliphatic carbocycles. The van der Waals surface area contributed by atoms with Crippen molar-refractivity contribution in [3.63, 3.8) is 0 Å². The molecule has 0 spiro atoms. The highest BCUT2D eigenvalue weighted by molar-refractivity contribution is 5.52. The molecule has 0 heterocycles. The van der Waals surface area contributed by atoms with E-state index in [0.717, 1.165) is 18.8 Å². The van der Waals surface area contributed by atoms with Crippen LogP contribution in [0, 0.1) is 23.5 Å². The molecule has 22 heavy (non-hydrogen) atoms. The lowest BCUT2D eigenvalue weighted by molar-refractivity contribution is 0.294. The summed E-state index contributed by atoms with van der Waals surface area (Å²) in [6.07, 6.45) is 11.1. The maximum atomic E-state index is 14.0. The second-order valence-electron chi connectivity index (χ2n) is 6.14. The van der Waals surface area contributed by atoms with Crippen molar-refractivity contribution in [2.75, 3.05) is 6.61 Å². The number of benzene rings is 1. The molecule has 0 unspecified atom stereocenters. The minimum absolute atomic E-state index is 0.0165. The molecular weight excluding hydrogens is 282 g/mol. The minimum Gasteiger partial charge on any atom is -0.491 e. The van der Waals surface area contributed by atoms with Crippen LogP contribution in [0.4, 0.5) is 8.78 Å². The first kappa shape index (κ1) is 17.0. The Bertz CT molecular complexity index is 502. The molecule has 0 aliphatic heterocycles. The van der Waals surface area contributed by atoms with E-state index >= 15 is 0 Å². The fourth-order valence-corrected chi connectivity index (χ4v) is 3.26. The molecule has 0 saturated heterocycles. The van der Waals surface area contributed by atoms with Crippen molar-refractivity contribution in [2.24, 2.45) is 11.8 Å². The highest BCUT2D eigenvalue weighted by Gasteiger charge is 2.19. The second-order valence-corrected chi connectivity index (χ2v) is 6.14. The third-order valence-corrected chi connectivity index (χ3v) is 4.51. The molecule has 122 valence electrons. The third kappa shape index (κ3) is 4.31. The van der Waals surface area contributed by atoms with Gasteiger partial charge in [0.2, 0.25) is 5.82 Å². The molecular formula is C19H26F2O. The van der Waals surface area contributed by atoms with Crippen molar-refractivity contribution in [3.05, 3.63) is 35.4 Å². The number of hydrogen-bond donors (Lipinski definition) is 0. The average Bonchev–Trinajstić information content (AvgIpc) is 2.53. The average molecular weight is 308 g/mol. The monoisotopic (exact) mass is 308 g/mol. The summed E-state index contributed by atoms with van der Waals surface area (Å²) in [5.74, 6) is -0.383. The molecule has 1 fully saturated rings. The van der Waals surface area contributed by atoms with Crippen LogP contribution in [-0.2, 0) is 0 Å². The van der Waals surface area contributed by atoms with Crippen LogP contribution in [0.15, 0.2) is 18.2 Å². The van der Waals surface area contributed by atoms with Gasteiger partial charge in [-0.1, -0.05) is 31.9 Å². The normalized spacial score (nSPS) is 22.2. The van der Waals surface area contributed by atoms with Gasteiger partial charge in [-0.3, -0.25) is 0 Å². The van der Waals surface area contributed by atoms with Crippen molar-refractivity contribution in [3.8, 4) is 5.75 Å². The van der Waals surface area contributed by atoms with E-state index in [9.17, 15) is 8.78 Å². The lowest BCUT2D eigenvalue weighted by atomic mass is 9.80. The molecule has 2 rings (SSSR count). The van der Waals surface area contributed by atoms with Crippen LogP contribution in [0.1, 0.15) is 57.9 Å². The van der Waals surface area contributed by atoms with Gasteiger partial charge in [-0.2, -0.15) is 4.39 Å². The van der Waals surface area contributed by atoms with Gasteiger partial charge in [-0.25, -0.2) is 4.39 Å². The Morgan fingerprint density at radius 3 is 2.45 bits per heavy atom. The SMILES string of the molecule is CCC[C@H]1CC[C@H](C=Cc2ccc(OCC)c(F)c2F)CC1. The third-order valence-electron chi connectivity index (χ3n) is 4.51. The number of halogens is 2. The molecule has 3 heteroatoms. The Balaban J connectivity index is 1.98. The molecule has 0 atom stereocenters. The van der Waals surface area contributed by atoms with E-state index in [4.69, 9.17) is 4.74 Å². The van der Waals surface area contributed by atoms with Crippen molar-refractivity contribution in [2.45, 2.75) is 52.4 Å². The Morgan fingerprint density at radius 2 is 1.82 bits per heavy atom. The molecule has 1 saturated carbocycles. The van der Waals surface area contributed by atoms with E-state index in [1.807, 2.05) is 6.08 Å². The number of ether oxygens (including phenoxy) is 1. The van der Waals surface area contributed by atoms with Gasteiger partial charge in [-0.15, -0.1) is 0 Å². The Kier molecular flexibility index (Phi) is 6.41. The first-order chi connectivity index (χ1) is 10.7. The fraction of sp³-hybridized carbons (Fsp3) is 0.579. The molecule has 0 bridgehead atoms. The van der Waals surface area contributed by atoms with Gasteiger partial charge in [-0.05, 0) is 56.6 Å². The van der Waals surface area contributed by atoms with Crippen LogP contribution in [0.25, 0.3) is 6.08 Å². The molecule has 0 radical (unpaired) electrons. The van der Waals surface area contributed by atoms with Gasteiger partial charge in [0, 0.05) is 5.56 Å². The van der Waals surface area contributed by atoms with Crippen molar-refractivity contribution in [1.82, 2.24) is 0 Å². The smallest absolute Gasteiger partial charge is 0.201 e. The highest BCUT2D eigenvalue weighted by Crippen LogP contribution is 2.33. The maximum absolute atomic E-state index is 14.0. The number of allylic oxidation sites excluding steroid dienone is 1. The fourth-order valence-electron chi connectivity index (χ4n) is 3.26. The van der Waals surface area contributed by atoms with Crippen LogP contribution in [0.5, 0.6) is 5.75 Å². The zero-order valence-electron chi connectivity index (χ0n) is 13.6. The van der Waals surface area contributed by atoms with Gasteiger partial charge >= 0.3 is 0 Å². The van der Waals surface area contributed by atoms with Gasteiger partial charge in [0.1, 0.15) is 0 Å². The summed E-state index contributed by atoms with van der Waals surface area (Å²) in [7, 11) is 0. The molecule has 1 aliphatic rings. The largest absolute Gasteiger partial charge is 0.491 e. The number of rotatable bonds is 6. The first-order valence-electron chi connectivity index (χ1n) is 8.44. The van der Waals surface area contributed by atoms with E-state index < -0.39 is 11.6 Å². The lowest BCUT2D eigenvalue weighted by Crippen LogP contribution is -2.12. The van der Waals surface area contributed by atoms with Crippen LogP contribution in [-0.4, -0.2) is 6.61 Å². The van der Waals surface area contributed by atoms with Gasteiger partial charge in [0.05, 0.1) is 6.61 Å². The minimum atomic E-state index is -0.893. The van der Waals surface area contributed by atoms with Crippen LogP contribution >= 0.6 is 0 Å². The second kappa shape index (κ2) is 8.30.